The molecule has 0 fully saturated rings. The van der Waals surface area contributed by atoms with Crippen LogP contribution in [-0.4, -0.2) is 37.5 Å². The number of carbonyl (C=O) groups is 1. The molecule has 1 aromatic carbocycles. The van der Waals surface area contributed by atoms with Gasteiger partial charge in [-0.1, -0.05) is 18.2 Å². The van der Waals surface area contributed by atoms with E-state index in [-0.39, 0.29) is 11.7 Å². The molecule has 2 aliphatic rings. The number of aromatic nitrogens is 5. The molecular weight excluding hydrogens is 406 g/mol. The van der Waals surface area contributed by atoms with E-state index in [1.54, 1.807) is 24.1 Å². The van der Waals surface area contributed by atoms with Crippen molar-refractivity contribution in [2.45, 2.75) is 25.2 Å². The molecule has 6 rings (SSSR count). The van der Waals surface area contributed by atoms with Gasteiger partial charge in [0.2, 0.25) is 11.7 Å². The van der Waals surface area contributed by atoms with Crippen LogP contribution in [0.5, 0.6) is 11.6 Å². The summed E-state index contributed by atoms with van der Waals surface area (Å²) in [6.07, 6.45) is 5.29. The summed E-state index contributed by atoms with van der Waals surface area (Å²) < 4.78 is 13.1. The minimum atomic E-state index is -0.343. The molecule has 1 atom stereocenters. The van der Waals surface area contributed by atoms with Gasteiger partial charge in [-0.05, 0) is 36.2 Å². The smallest absolute Gasteiger partial charge is 0.228 e. The van der Waals surface area contributed by atoms with Crippen molar-refractivity contribution >= 4 is 11.4 Å². The summed E-state index contributed by atoms with van der Waals surface area (Å²) in [5.41, 5.74) is 3.64. The topological polar surface area (TPSA) is 91.5 Å². The van der Waals surface area contributed by atoms with E-state index < -0.39 is 0 Å². The molecule has 0 spiro atoms. The summed E-state index contributed by atoms with van der Waals surface area (Å²) in [6.45, 7) is 0. The zero-order valence-electron chi connectivity index (χ0n) is 17.4. The molecule has 4 aromatic rings. The lowest BCUT2D eigenvalue weighted by atomic mass is 9.78. The van der Waals surface area contributed by atoms with Crippen molar-refractivity contribution in [1.82, 2.24) is 24.6 Å². The van der Waals surface area contributed by atoms with Gasteiger partial charge in [-0.25, -0.2) is 14.5 Å². The maximum Gasteiger partial charge on any atom is 0.228 e. The normalized spacial score (nSPS) is 17.7. The zero-order chi connectivity index (χ0) is 21.7. The summed E-state index contributed by atoms with van der Waals surface area (Å²) in [4.78, 5) is 26.7. The first-order valence-corrected chi connectivity index (χ1v) is 10.5. The van der Waals surface area contributed by atoms with Gasteiger partial charge >= 0.3 is 0 Å². The van der Waals surface area contributed by atoms with Crippen LogP contribution < -0.4 is 9.47 Å². The van der Waals surface area contributed by atoms with Gasteiger partial charge in [0.25, 0.3) is 0 Å². The van der Waals surface area contributed by atoms with E-state index in [2.05, 4.69) is 15.1 Å². The third-order valence-electron chi connectivity index (χ3n) is 5.94. The Kier molecular flexibility index (Phi) is 4.24. The van der Waals surface area contributed by atoms with Crippen LogP contribution in [0.4, 0.5) is 0 Å². The SMILES string of the molecule is COc1ccc([C@@H]2C3=C(CCCC3=O)Oc3ncn4nc(-c5ccccn5)nc4c32)cc1. The first-order valence-electron chi connectivity index (χ1n) is 10.5. The molecular formula is C24H19N5O3. The molecule has 0 radical (unpaired) electrons. The van der Waals surface area contributed by atoms with E-state index in [9.17, 15) is 4.79 Å². The summed E-state index contributed by atoms with van der Waals surface area (Å²) in [6, 6.07) is 13.3. The van der Waals surface area contributed by atoms with E-state index in [4.69, 9.17) is 14.5 Å². The van der Waals surface area contributed by atoms with Crippen molar-refractivity contribution in [2.75, 3.05) is 7.11 Å². The number of methoxy groups -OCH3 is 1. The molecule has 4 heterocycles. The molecule has 32 heavy (non-hydrogen) atoms. The van der Waals surface area contributed by atoms with Gasteiger partial charge in [0.05, 0.1) is 12.7 Å². The Morgan fingerprint density at radius 2 is 1.97 bits per heavy atom. The van der Waals surface area contributed by atoms with Crippen LogP contribution in [0, 0.1) is 0 Å². The van der Waals surface area contributed by atoms with Gasteiger partial charge in [-0.3, -0.25) is 9.78 Å². The maximum absolute atomic E-state index is 13.1. The second-order valence-electron chi connectivity index (χ2n) is 7.80. The minimum Gasteiger partial charge on any atom is -0.497 e. The minimum absolute atomic E-state index is 0.101. The number of allylic oxidation sites excluding steroid dienone is 2. The summed E-state index contributed by atoms with van der Waals surface area (Å²) >= 11 is 0. The van der Waals surface area contributed by atoms with Crippen molar-refractivity contribution in [3.05, 3.63) is 77.4 Å². The van der Waals surface area contributed by atoms with E-state index in [1.807, 2.05) is 42.5 Å². The molecule has 158 valence electrons. The molecule has 0 amide bonds. The van der Waals surface area contributed by atoms with Crippen LogP contribution >= 0.6 is 0 Å². The molecule has 1 aliphatic heterocycles. The first kappa shape index (κ1) is 18.7. The molecule has 0 saturated carbocycles. The Labute approximate surface area is 183 Å². The highest BCUT2D eigenvalue weighted by molar-refractivity contribution is 6.00. The van der Waals surface area contributed by atoms with E-state index in [0.29, 0.717) is 47.2 Å². The Balaban J connectivity index is 1.59. The predicted octanol–water partition coefficient (Wildman–Crippen LogP) is 3.73. The third kappa shape index (κ3) is 2.87. The first-order chi connectivity index (χ1) is 15.7. The van der Waals surface area contributed by atoms with E-state index in [0.717, 1.165) is 23.3 Å². The Morgan fingerprint density at radius 1 is 1.09 bits per heavy atom. The average Bonchev–Trinajstić information content (AvgIpc) is 3.28. The van der Waals surface area contributed by atoms with E-state index in [1.165, 1.54) is 0 Å². The third-order valence-corrected chi connectivity index (χ3v) is 5.94. The molecule has 0 unspecified atom stereocenters. The van der Waals surface area contributed by atoms with E-state index >= 15 is 0 Å². The number of fused-ring (bicyclic) bond motifs is 3. The summed E-state index contributed by atoms with van der Waals surface area (Å²) in [7, 11) is 1.63. The monoisotopic (exact) mass is 425 g/mol. The second kappa shape index (κ2) is 7.26. The fraction of sp³-hybridized carbons (Fsp3) is 0.208. The molecule has 3 aromatic heterocycles. The summed E-state index contributed by atoms with van der Waals surface area (Å²) in [5, 5.41) is 4.57. The largest absolute Gasteiger partial charge is 0.497 e. The molecule has 0 saturated heterocycles. The van der Waals surface area contributed by atoms with Gasteiger partial charge in [-0.2, -0.15) is 0 Å². The van der Waals surface area contributed by atoms with Crippen molar-refractivity contribution in [2.24, 2.45) is 0 Å². The number of benzene rings is 1. The standard InChI is InChI=1S/C24H19N5O3/c1-31-15-10-8-14(9-11-15)19-20-17(30)6-4-7-18(20)32-24-21(19)23-27-22(28-29(23)13-26-24)16-5-2-3-12-25-16/h2-3,5,8-13,19H,4,6-7H2,1H3/t19-/m1/s1. The number of nitrogens with zero attached hydrogens (tertiary/aromatic N) is 5. The number of hydrogen-bond donors (Lipinski definition) is 0. The van der Waals surface area contributed by atoms with Crippen LogP contribution in [0.15, 0.2) is 66.3 Å². The molecule has 0 bridgehead atoms. The lowest BCUT2D eigenvalue weighted by Crippen LogP contribution is -2.26. The van der Waals surface area contributed by atoms with Crippen LogP contribution in [0.1, 0.15) is 36.3 Å². The summed E-state index contributed by atoms with van der Waals surface area (Å²) in [5.74, 6) is 2.17. The molecule has 8 nitrogen and oxygen atoms in total. The van der Waals surface area contributed by atoms with Crippen molar-refractivity contribution < 1.29 is 14.3 Å². The Bertz CT molecular complexity index is 1380. The number of ether oxygens (including phenoxy) is 2. The number of hydrogen-bond acceptors (Lipinski definition) is 7. The fourth-order valence-electron chi connectivity index (χ4n) is 4.45. The Morgan fingerprint density at radius 3 is 2.75 bits per heavy atom. The maximum atomic E-state index is 13.1. The number of carbonyl (C=O) groups excluding carboxylic acids is 1. The lowest BCUT2D eigenvalue weighted by Gasteiger charge is -2.32. The lowest BCUT2D eigenvalue weighted by molar-refractivity contribution is -0.116. The highest BCUT2D eigenvalue weighted by Gasteiger charge is 2.39. The van der Waals surface area contributed by atoms with Crippen molar-refractivity contribution in [3.63, 3.8) is 0 Å². The number of Topliss-reactive ketones (excluding diaryl/α,β-unsaturated/α-hetero) is 1. The van der Waals surface area contributed by atoms with Gasteiger partial charge in [0.1, 0.15) is 23.5 Å². The van der Waals surface area contributed by atoms with Gasteiger partial charge < -0.3 is 9.47 Å². The average molecular weight is 425 g/mol. The second-order valence-corrected chi connectivity index (χ2v) is 7.80. The van der Waals surface area contributed by atoms with Crippen LogP contribution in [0.2, 0.25) is 0 Å². The van der Waals surface area contributed by atoms with Gasteiger partial charge in [0, 0.05) is 30.5 Å². The van der Waals surface area contributed by atoms with Gasteiger partial charge in [0.15, 0.2) is 11.4 Å². The predicted molar refractivity (Wildman–Crippen MR) is 115 cm³/mol. The number of rotatable bonds is 3. The Hall–Kier alpha value is -4.07. The number of ketones is 1. The highest BCUT2D eigenvalue weighted by Crippen LogP contribution is 2.47. The van der Waals surface area contributed by atoms with Crippen molar-refractivity contribution in [3.8, 4) is 23.1 Å². The van der Waals surface area contributed by atoms with Crippen LogP contribution in [-0.2, 0) is 4.79 Å². The molecule has 8 heteroatoms. The molecule has 0 N–H and O–H groups in total. The number of pyridine rings is 1. The van der Waals surface area contributed by atoms with Crippen LogP contribution in [0.3, 0.4) is 0 Å². The van der Waals surface area contributed by atoms with Crippen LogP contribution in [0.25, 0.3) is 17.2 Å². The molecule has 1 aliphatic carbocycles. The zero-order valence-corrected chi connectivity index (χ0v) is 17.4. The fourth-order valence-corrected chi connectivity index (χ4v) is 4.45. The van der Waals surface area contributed by atoms with Gasteiger partial charge in [-0.15, -0.1) is 5.10 Å². The van der Waals surface area contributed by atoms with Crippen molar-refractivity contribution in [1.29, 1.82) is 0 Å². The quantitative estimate of drug-likeness (QED) is 0.494. The highest BCUT2D eigenvalue weighted by atomic mass is 16.5.